The fourth-order valence-electron chi connectivity index (χ4n) is 3.05. The lowest BCUT2D eigenvalue weighted by Gasteiger charge is -2.07. The monoisotopic (exact) mass is 471 g/mol. The molecule has 2 heterocycles. The summed E-state index contributed by atoms with van der Waals surface area (Å²) >= 11 is 1.19. The standard InChI is InChI=1S/C20H17N5O5S2/c1-32(29,30)24-13-8-6-12(7-9-13)16-11-31-20(21-16)22-17(26)10-25-19(28)15-5-3-2-4-14(15)18(27)23-25/h2-9,11,24H,10H2,1H3,(H,23,27)(H,21,22,26). The maximum absolute atomic E-state index is 12.5. The number of hydrogen-bond donors (Lipinski definition) is 3. The normalized spacial score (nSPS) is 11.4. The van der Waals surface area contributed by atoms with Gasteiger partial charge in [0.1, 0.15) is 6.54 Å². The molecule has 0 aliphatic heterocycles. The van der Waals surface area contributed by atoms with Crippen molar-refractivity contribution < 1.29 is 13.2 Å². The Morgan fingerprint density at radius 2 is 1.78 bits per heavy atom. The molecule has 0 spiro atoms. The van der Waals surface area contributed by atoms with Gasteiger partial charge in [0.2, 0.25) is 15.9 Å². The summed E-state index contributed by atoms with van der Waals surface area (Å²) in [5, 5.41) is 7.57. The van der Waals surface area contributed by atoms with Gasteiger partial charge in [-0.15, -0.1) is 11.3 Å². The van der Waals surface area contributed by atoms with Gasteiger partial charge in [0.15, 0.2) is 5.13 Å². The number of benzene rings is 2. The average molecular weight is 472 g/mol. The molecule has 4 aromatic rings. The summed E-state index contributed by atoms with van der Waals surface area (Å²) in [4.78, 5) is 41.4. The molecule has 0 fully saturated rings. The van der Waals surface area contributed by atoms with E-state index in [0.29, 0.717) is 16.5 Å². The first-order chi connectivity index (χ1) is 15.2. The van der Waals surface area contributed by atoms with E-state index in [-0.39, 0.29) is 17.3 Å². The Morgan fingerprint density at radius 3 is 2.47 bits per heavy atom. The number of nitrogens with zero attached hydrogens (tertiary/aromatic N) is 2. The van der Waals surface area contributed by atoms with E-state index in [1.807, 2.05) is 0 Å². The molecule has 164 valence electrons. The molecule has 0 aliphatic rings. The van der Waals surface area contributed by atoms with Gasteiger partial charge in [-0.2, -0.15) is 0 Å². The van der Waals surface area contributed by atoms with Crippen LogP contribution in [0.2, 0.25) is 0 Å². The van der Waals surface area contributed by atoms with E-state index in [4.69, 9.17) is 0 Å². The predicted octanol–water partition coefficient (Wildman–Crippen LogP) is 1.82. The van der Waals surface area contributed by atoms with Gasteiger partial charge in [-0.1, -0.05) is 24.3 Å². The fraction of sp³-hybridized carbons (Fsp3) is 0.100. The molecule has 12 heteroatoms. The van der Waals surface area contributed by atoms with Gasteiger partial charge in [0.25, 0.3) is 11.1 Å². The first kappa shape index (κ1) is 21.5. The zero-order chi connectivity index (χ0) is 22.9. The average Bonchev–Trinajstić information content (AvgIpc) is 3.19. The molecule has 0 bridgehead atoms. The van der Waals surface area contributed by atoms with E-state index in [2.05, 4.69) is 20.1 Å². The summed E-state index contributed by atoms with van der Waals surface area (Å²) in [6.07, 6.45) is 1.07. The van der Waals surface area contributed by atoms with Crippen molar-refractivity contribution >= 4 is 48.9 Å². The van der Waals surface area contributed by atoms with Crippen LogP contribution in [0.25, 0.3) is 22.0 Å². The maximum Gasteiger partial charge on any atom is 0.273 e. The first-order valence-electron chi connectivity index (χ1n) is 9.25. The maximum atomic E-state index is 12.5. The Bertz CT molecular complexity index is 1540. The van der Waals surface area contributed by atoms with Crippen molar-refractivity contribution in [1.82, 2.24) is 14.8 Å². The quantitative estimate of drug-likeness (QED) is 0.391. The SMILES string of the molecule is CS(=O)(=O)Nc1ccc(-c2csc(NC(=O)Cn3[nH]c(=O)c4ccccc4c3=O)n2)cc1. The Kier molecular flexibility index (Phi) is 5.63. The summed E-state index contributed by atoms with van der Waals surface area (Å²) in [6.45, 7) is -0.375. The van der Waals surface area contributed by atoms with Crippen LogP contribution in [0.3, 0.4) is 0 Å². The number of sulfonamides is 1. The molecule has 2 aromatic heterocycles. The Labute approximate surface area is 185 Å². The predicted molar refractivity (Wildman–Crippen MR) is 123 cm³/mol. The molecule has 0 saturated heterocycles. The van der Waals surface area contributed by atoms with Crippen LogP contribution in [-0.4, -0.2) is 35.3 Å². The van der Waals surface area contributed by atoms with Gasteiger partial charge in [0, 0.05) is 16.6 Å². The Morgan fingerprint density at radius 1 is 1.09 bits per heavy atom. The van der Waals surface area contributed by atoms with Gasteiger partial charge in [-0.25, -0.2) is 18.1 Å². The number of fused-ring (bicyclic) bond motifs is 1. The molecule has 4 rings (SSSR count). The third-order valence-electron chi connectivity index (χ3n) is 4.42. The highest BCUT2D eigenvalue weighted by Crippen LogP contribution is 2.26. The molecule has 10 nitrogen and oxygen atoms in total. The van der Waals surface area contributed by atoms with Crippen molar-refractivity contribution in [3.63, 3.8) is 0 Å². The molecule has 0 unspecified atom stereocenters. The third-order valence-corrected chi connectivity index (χ3v) is 5.78. The Hall–Kier alpha value is -3.77. The van der Waals surface area contributed by atoms with Gasteiger partial charge in [0.05, 0.1) is 22.7 Å². The zero-order valence-electron chi connectivity index (χ0n) is 16.7. The first-order valence-corrected chi connectivity index (χ1v) is 12.0. The van der Waals surface area contributed by atoms with Crippen molar-refractivity contribution in [3.05, 3.63) is 74.6 Å². The van der Waals surface area contributed by atoms with E-state index >= 15 is 0 Å². The van der Waals surface area contributed by atoms with Crippen LogP contribution >= 0.6 is 11.3 Å². The largest absolute Gasteiger partial charge is 0.300 e. The van der Waals surface area contributed by atoms with Crippen LogP contribution in [0, 0.1) is 0 Å². The van der Waals surface area contributed by atoms with Gasteiger partial charge in [-0.3, -0.25) is 24.2 Å². The van der Waals surface area contributed by atoms with Crippen LogP contribution in [0.1, 0.15) is 0 Å². The van der Waals surface area contributed by atoms with E-state index in [1.54, 1.807) is 47.8 Å². The number of rotatable bonds is 6. The second kappa shape index (κ2) is 8.40. The van der Waals surface area contributed by atoms with Crippen molar-refractivity contribution in [2.45, 2.75) is 6.54 Å². The second-order valence-corrected chi connectivity index (χ2v) is 9.52. The Balaban J connectivity index is 1.48. The second-order valence-electron chi connectivity index (χ2n) is 6.92. The van der Waals surface area contributed by atoms with Crippen molar-refractivity contribution in [2.75, 3.05) is 16.3 Å². The molecule has 0 aliphatic carbocycles. The summed E-state index contributed by atoms with van der Waals surface area (Å²) in [6, 6.07) is 13.0. The van der Waals surface area contributed by atoms with Gasteiger partial charge in [-0.05, 0) is 24.3 Å². The smallest absolute Gasteiger partial charge is 0.273 e. The molecule has 32 heavy (non-hydrogen) atoms. The highest BCUT2D eigenvalue weighted by Gasteiger charge is 2.12. The topological polar surface area (TPSA) is 143 Å². The number of anilines is 2. The molecule has 2 aromatic carbocycles. The van der Waals surface area contributed by atoms with E-state index in [1.165, 1.54) is 17.4 Å². The molecule has 0 radical (unpaired) electrons. The minimum Gasteiger partial charge on any atom is -0.300 e. The molecule has 3 N–H and O–H groups in total. The lowest BCUT2D eigenvalue weighted by Crippen LogP contribution is -2.34. The van der Waals surface area contributed by atoms with Crippen LogP contribution < -0.4 is 21.2 Å². The molecule has 0 saturated carbocycles. The number of aromatic nitrogens is 3. The third kappa shape index (κ3) is 4.76. The summed E-state index contributed by atoms with van der Waals surface area (Å²) in [5.41, 5.74) is 0.814. The number of amides is 1. The molecular weight excluding hydrogens is 454 g/mol. The minimum atomic E-state index is -3.37. The van der Waals surface area contributed by atoms with Crippen LogP contribution in [0.5, 0.6) is 0 Å². The lowest BCUT2D eigenvalue weighted by atomic mass is 10.1. The van der Waals surface area contributed by atoms with Crippen LogP contribution in [0.4, 0.5) is 10.8 Å². The van der Waals surface area contributed by atoms with Crippen molar-refractivity contribution in [3.8, 4) is 11.3 Å². The van der Waals surface area contributed by atoms with E-state index < -0.39 is 27.0 Å². The summed E-state index contributed by atoms with van der Waals surface area (Å²) in [5.74, 6) is -0.522. The highest BCUT2D eigenvalue weighted by molar-refractivity contribution is 7.92. The fourth-order valence-corrected chi connectivity index (χ4v) is 4.35. The van der Waals surface area contributed by atoms with E-state index in [9.17, 15) is 22.8 Å². The number of H-pyrrole nitrogens is 1. The molecular formula is C20H17N5O5S2. The number of aromatic amines is 1. The lowest BCUT2D eigenvalue weighted by molar-refractivity contribution is -0.117. The number of carbonyl (C=O) groups excluding carboxylic acids is 1. The zero-order valence-corrected chi connectivity index (χ0v) is 18.3. The summed E-state index contributed by atoms with van der Waals surface area (Å²) in [7, 11) is -3.37. The van der Waals surface area contributed by atoms with Gasteiger partial charge >= 0.3 is 0 Å². The number of nitrogens with one attached hydrogen (secondary N) is 3. The number of thiazole rings is 1. The van der Waals surface area contributed by atoms with Crippen LogP contribution in [-0.2, 0) is 21.4 Å². The van der Waals surface area contributed by atoms with Gasteiger partial charge < -0.3 is 5.32 Å². The summed E-state index contributed by atoms with van der Waals surface area (Å²) < 4.78 is 25.9. The number of carbonyl (C=O) groups is 1. The molecule has 0 atom stereocenters. The van der Waals surface area contributed by atoms with Crippen LogP contribution in [0.15, 0.2) is 63.5 Å². The van der Waals surface area contributed by atoms with E-state index in [0.717, 1.165) is 16.5 Å². The number of hydrogen-bond acceptors (Lipinski definition) is 7. The minimum absolute atomic E-state index is 0.231. The van der Waals surface area contributed by atoms with Crippen molar-refractivity contribution in [2.24, 2.45) is 0 Å². The van der Waals surface area contributed by atoms with Crippen molar-refractivity contribution in [1.29, 1.82) is 0 Å². The molecule has 1 amide bonds. The highest BCUT2D eigenvalue weighted by atomic mass is 32.2.